The van der Waals surface area contributed by atoms with Crippen LogP contribution in [0.15, 0.2) is 42.9 Å². The van der Waals surface area contributed by atoms with Gasteiger partial charge in [-0.15, -0.1) is 11.3 Å². The zero-order valence-electron chi connectivity index (χ0n) is 17.0. The number of aromatic nitrogens is 3. The van der Waals surface area contributed by atoms with E-state index in [1.807, 2.05) is 36.3 Å². The summed E-state index contributed by atoms with van der Waals surface area (Å²) in [5.41, 5.74) is 2.45. The van der Waals surface area contributed by atoms with Crippen LogP contribution in [0.25, 0.3) is 10.6 Å². The number of aryl methyl sites for hydroxylation is 1. The summed E-state index contributed by atoms with van der Waals surface area (Å²) >= 11 is 1.80. The van der Waals surface area contributed by atoms with Crippen molar-refractivity contribution in [1.29, 1.82) is 0 Å². The zero-order valence-corrected chi connectivity index (χ0v) is 17.8. The normalized spacial score (nSPS) is 22.3. The van der Waals surface area contributed by atoms with Crippen LogP contribution < -0.4 is 4.74 Å². The van der Waals surface area contributed by atoms with E-state index >= 15 is 0 Å². The van der Waals surface area contributed by atoms with Gasteiger partial charge in [-0.05, 0) is 24.5 Å². The van der Waals surface area contributed by atoms with Crippen LogP contribution in [-0.4, -0.2) is 57.4 Å². The first-order valence-electron chi connectivity index (χ1n) is 10.2. The van der Waals surface area contributed by atoms with Crippen molar-refractivity contribution < 1.29 is 4.74 Å². The summed E-state index contributed by atoms with van der Waals surface area (Å²) in [5, 5.41) is 5.36. The first kappa shape index (κ1) is 18.8. The van der Waals surface area contributed by atoms with Crippen molar-refractivity contribution in [3.05, 3.63) is 53.3 Å². The highest BCUT2D eigenvalue weighted by Gasteiger charge is 2.42. The molecule has 0 bridgehead atoms. The maximum absolute atomic E-state index is 5.34. The second-order valence-electron chi connectivity index (χ2n) is 8.17. The number of thiazole rings is 1. The Morgan fingerprint density at radius 2 is 2.14 bits per heavy atom. The molecule has 152 valence electrons. The van der Waals surface area contributed by atoms with Crippen molar-refractivity contribution in [2.45, 2.75) is 25.6 Å². The van der Waals surface area contributed by atoms with E-state index in [9.17, 15) is 0 Å². The lowest BCUT2D eigenvalue weighted by molar-refractivity contribution is -0.0504. The van der Waals surface area contributed by atoms with Crippen molar-refractivity contribution in [1.82, 2.24) is 24.6 Å². The number of hydrogen-bond acceptors (Lipinski definition) is 6. The molecule has 5 rings (SSSR count). The monoisotopic (exact) mass is 409 g/mol. The molecule has 2 aliphatic heterocycles. The second kappa shape index (κ2) is 7.89. The fourth-order valence-electron chi connectivity index (χ4n) is 4.66. The van der Waals surface area contributed by atoms with Gasteiger partial charge in [0.05, 0.1) is 13.3 Å². The van der Waals surface area contributed by atoms with E-state index in [0.717, 1.165) is 47.9 Å². The maximum atomic E-state index is 5.34. The third-order valence-corrected chi connectivity index (χ3v) is 7.14. The van der Waals surface area contributed by atoms with Crippen LogP contribution >= 0.6 is 11.3 Å². The van der Waals surface area contributed by atoms with Crippen molar-refractivity contribution in [2.75, 3.05) is 26.7 Å². The molecule has 2 aromatic heterocycles. The van der Waals surface area contributed by atoms with E-state index in [1.165, 1.54) is 30.0 Å². The SMILES string of the molecule is COc1cccc(-c2ncc(CN3CC[C@H]4[C@@H](C3)CN4Cc3cnn(C)c3)s2)c1. The van der Waals surface area contributed by atoms with Gasteiger partial charge < -0.3 is 4.74 Å². The van der Waals surface area contributed by atoms with Crippen LogP contribution in [0, 0.1) is 5.92 Å². The molecule has 7 heteroatoms. The molecule has 2 fully saturated rings. The van der Waals surface area contributed by atoms with E-state index in [0.29, 0.717) is 0 Å². The predicted octanol–water partition coefficient (Wildman–Crippen LogP) is 3.26. The Labute approximate surface area is 175 Å². The molecule has 0 saturated carbocycles. The molecule has 0 aliphatic carbocycles. The lowest BCUT2D eigenvalue weighted by Gasteiger charge is -2.53. The van der Waals surface area contributed by atoms with Crippen LogP contribution in [-0.2, 0) is 20.1 Å². The van der Waals surface area contributed by atoms with Crippen molar-refractivity contribution in [3.8, 4) is 16.3 Å². The molecule has 2 saturated heterocycles. The Bertz CT molecular complexity index is 983. The number of ether oxygens (including phenoxy) is 1. The van der Waals surface area contributed by atoms with Gasteiger partial charge in [0.1, 0.15) is 10.8 Å². The fraction of sp³-hybridized carbons (Fsp3) is 0.455. The largest absolute Gasteiger partial charge is 0.497 e. The van der Waals surface area contributed by atoms with Crippen LogP contribution in [0.4, 0.5) is 0 Å². The first-order chi connectivity index (χ1) is 14.2. The minimum atomic E-state index is 0.736. The highest BCUT2D eigenvalue weighted by Crippen LogP contribution is 2.35. The van der Waals surface area contributed by atoms with Gasteiger partial charge in [0.15, 0.2) is 0 Å². The summed E-state index contributed by atoms with van der Waals surface area (Å²) in [7, 11) is 3.69. The van der Waals surface area contributed by atoms with Gasteiger partial charge in [-0.3, -0.25) is 14.5 Å². The third kappa shape index (κ3) is 3.95. The quantitative estimate of drug-likeness (QED) is 0.625. The molecule has 29 heavy (non-hydrogen) atoms. The molecule has 0 N–H and O–H groups in total. The maximum Gasteiger partial charge on any atom is 0.123 e. The average molecular weight is 410 g/mol. The molecular formula is C22H27N5OS. The number of hydrogen-bond donors (Lipinski definition) is 0. The average Bonchev–Trinajstić information content (AvgIpc) is 3.35. The molecule has 4 heterocycles. The Morgan fingerprint density at radius 3 is 2.93 bits per heavy atom. The Hall–Kier alpha value is -2.22. The standard InChI is InChI=1S/C22H27N5OS/c1-25-11-16(9-24-25)12-27-14-18-13-26(7-6-21(18)27)15-20-10-23-22(29-20)17-4-3-5-19(8-17)28-2/h3-5,8-11,18,21H,6-7,12-15H2,1-2H3/t18-,21-/m0/s1. The van der Waals surface area contributed by atoms with E-state index < -0.39 is 0 Å². The van der Waals surface area contributed by atoms with Crippen LogP contribution in [0.2, 0.25) is 0 Å². The fourth-order valence-corrected chi connectivity index (χ4v) is 5.61. The van der Waals surface area contributed by atoms with Crippen molar-refractivity contribution in [3.63, 3.8) is 0 Å². The van der Waals surface area contributed by atoms with Gasteiger partial charge in [-0.2, -0.15) is 5.10 Å². The van der Waals surface area contributed by atoms with Gasteiger partial charge in [0.2, 0.25) is 0 Å². The molecule has 0 amide bonds. The molecule has 2 atom stereocenters. The Balaban J connectivity index is 1.16. The lowest BCUT2D eigenvalue weighted by Crippen LogP contribution is -2.62. The van der Waals surface area contributed by atoms with E-state index in [1.54, 1.807) is 18.4 Å². The van der Waals surface area contributed by atoms with Gasteiger partial charge in [-0.25, -0.2) is 4.98 Å². The summed E-state index contributed by atoms with van der Waals surface area (Å²) in [6.45, 7) is 5.60. The number of methoxy groups -OCH3 is 1. The number of likely N-dealkylation sites (tertiary alicyclic amines) is 2. The minimum Gasteiger partial charge on any atom is -0.497 e. The number of fused-ring (bicyclic) bond motifs is 1. The van der Waals surface area contributed by atoms with E-state index in [2.05, 4.69) is 38.2 Å². The summed E-state index contributed by atoms with van der Waals surface area (Å²) in [6.07, 6.45) is 7.42. The molecule has 2 aliphatic rings. The van der Waals surface area contributed by atoms with Crippen molar-refractivity contribution >= 4 is 11.3 Å². The van der Waals surface area contributed by atoms with Gasteiger partial charge in [0, 0.05) is 74.2 Å². The number of rotatable bonds is 6. The summed E-state index contributed by atoms with van der Waals surface area (Å²) < 4.78 is 7.23. The van der Waals surface area contributed by atoms with E-state index in [-0.39, 0.29) is 0 Å². The van der Waals surface area contributed by atoms with Crippen LogP contribution in [0.5, 0.6) is 5.75 Å². The van der Waals surface area contributed by atoms with Crippen LogP contribution in [0.3, 0.4) is 0 Å². The third-order valence-electron chi connectivity index (χ3n) is 6.11. The molecule has 1 aromatic carbocycles. The molecule has 0 spiro atoms. The highest BCUT2D eigenvalue weighted by molar-refractivity contribution is 7.15. The summed E-state index contributed by atoms with van der Waals surface area (Å²) in [4.78, 5) is 11.2. The molecule has 6 nitrogen and oxygen atoms in total. The second-order valence-corrected chi connectivity index (χ2v) is 9.28. The number of nitrogens with zero attached hydrogens (tertiary/aromatic N) is 5. The Morgan fingerprint density at radius 1 is 1.21 bits per heavy atom. The molecule has 0 radical (unpaired) electrons. The van der Waals surface area contributed by atoms with Crippen molar-refractivity contribution in [2.24, 2.45) is 13.0 Å². The molecule has 3 aromatic rings. The predicted molar refractivity (Wildman–Crippen MR) is 115 cm³/mol. The smallest absolute Gasteiger partial charge is 0.123 e. The Kier molecular flexibility index (Phi) is 5.11. The molecule has 0 unspecified atom stereocenters. The number of benzene rings is 1. The highest BCUT2D eigenvalue weighted by atomic mass is 32.1. The molecular weight excluding hydrogens is 382 g/mol. The topological polar surface area (TPSA) is 46.4 Å². The lowest BCUT2D eigenvalue weighted by atomic mass is 9.82. The first-order valence-corrected chi connectivity index (χ1v) is 11.0. The summed E-state index contributed by atoms with van der Waals surface area (Å²) in [6, 6.07) is 8.88. The van der Waals surface area contributed by atoms with Gasteiger partial charge in [0.25, 0.3) is 0 Å². The van der Waals surface area contributed by atoms with E-state index in [4.69, 9.17) is 4.74 Å². The van der Waals surface area contributed by atoms with Gasteiger partial charge >= 0.3 is 0 Å². The zero-order chi connectivity index (χ0) is 19.8. The van der Waals surface area contributed by atoms with Gasteiger partial charge in [-0.1, -0.05) is 12.1 Å². The van der Waals surface area contributed by atoms with Crippen LogP contribution in [0.1, 0.15) is 16.9 Å². The number of piperidine rings is 1. The minimum absolute atomic E-state index is 0.736. The summed E-state index contributed by atoms with van der Waals surface area (Å²) in [5.74, 6) is 1.67.